The number of aliphatic hydroxyl groups is 2. The van der Waals surface area contributed by atoms with E-state index in [2.05, 4.69) is 11.8 Å². The second-order valence-corrected chi connectivity index (χ2v) is 5.40. The molecule has 0 aliphatic heterocycles. The van der Waals surface area contributed by atoms with E-state index < -0.39 is 11.7 Å². The van der Waals surface area contributed by atoms with Gasteiger partial charge in [-0.05, 0) is 32.4 Å². The molecule has 1 rings (SSSR count). The Morgan fingerprint density at radius 3 is 2.33 bits per heavy atom. The molecule has 0 aliphatic rings. The maximum Gasteiger partial charge on any atom is 0.0802 e. The van der Waals surface area contributed by atoms with E-state index in [0.29, 0.717) is 13.0 Å². The second kappa shape index (κ2) is 6.88. The molecule has 102 valence electrons. The molecule has 0 spiro atoms. The number of nitrogens with zero attached hydrogens (tertiary/aromatic N) is 1. The van der Waals surface area contributed by atoms with E-state index in [0.717, 1.165) is 18.7 Å². The molecule has 0 heterocycles. The Morgan fingerprint density at radius 2 is 1.83 bits per heavy atom. The molecular weight excluding hydrogens is 226 g/mol. The highest BCUT2D eigenvalue weighted by Gasteiger charge is 2.18. The normalized spacial score (nSPS) is 13.9. The van der Waals surface area contributed by atoms with Crippen molar-refractivity contribution in [2.24, 2.45) is 0 Å². The van der Waals surface area contributed by atoms with Crippen LogP contribution in [-0.4, -0.2) is 40.3 Å². The first-order valence-corrected chi connectivity index (χ1v) is 6.60. The first-order valence-electron chi connectivity index (χ1n) is 6.60. The van der Waals surface area contributed by atoms with Gasteiger partial charge in [0.05, 0.1) is 11.7 Å². The zero-order valence-electron chi connectivity index (χ0n) is 11.6. The largest absolute Gasteiger partial charge is 0.389 e. The zero-order chi connectivity index (χ0) is 13.6. The summed E-state index contributed by atoms with van der Waals surface area (Å²) in [5, 5.41) is 19.9. The average molecular weight is 251 g/mol. The van der Waals surface area contributed by atoms with Crippen molar-refractivity contribution < 1.29 is 10.2 Å². The fourth-order valence-electron chi connectivity index (χ4n) is 2.04. The number of rotatable bonds is 7. The van der Waals surface area contributed by atoms with Crippen LogP contribution in [0.2, 0.25) is 0 Å². The fourth-order valence-corrected chi connectivity index (χ4v) is 2.04. The molecule has 2 N–H and O–H groups in total. The molecule has 0 radical (unpaired) electrons. The van der Waals surface area contributed by atoms with Crippen LogP contribution in [-0.2, 0) is 0 Å². The molecule has 0 amide bonds. The Labute approximate surface area is 110 Å². The van der Waals surface area contributed by atoms with Gasteiger partial charge in [-0.25, -0.2) is 0 Å². The molecule has 0 aliphatic carbocycles. The molecule has 1 atom stereocenters. The van der Waals surface area contributed by atoms with E-state index in [4.69, 9.17) is 0 Å². The molecule has 3 heteroatoms. The number of hydrogen-bond donors (Lipinski definition) is 2. The summed E-state index contributed by atoms with van der Waals surface area (Å²) in [6.07, 6.45) is 0.260. The maximum absolute atomic E-state index is 10.1. The van der Waals surface area contributed by atoms with Gasteiger partial charge in [0.25, 0.3) is 0 Å². The van der Waals surface area contributed by atoms with Gasteiger partial charge in [-0.2, -0.15) is 0 Å². The molecule has 0 bridgehead atoms. The Morgan fingerprint density at radius 1 is 1.22 bits per heavy atom. The molecule has 3 nitrogen and oxygen atoms in total. The van der Waals surface area contributed by atoms with Crippen LogP contribution in [0.5, 0.6) is 0 Å². The van der Waals surface area contributed by atoms with E-state index in [-0.39, 0.29) is 0 Å². The summed E-state index contributed by atoms with van der Waals surface area (Å²) in [7, 11) is 0. The van der Waals surface area contributed by atoms with E-state index in [9.17, 15) is 10.2 Å². The quantitative estimate of drug-likeness (QED) is 0.781. The molecule has 0 saturated heterocycles. The van der Waals surface area contributed by atoms with Gasteiger partial charge in [0.1, 0.15) is 0 Å². The minimum Gasteiger partial charge on any atom is -0.389 e. The Bertz CT molecular complexity index is 332. The van der Waals surface area contributed by atoms with Crippen LogP contribution in [0.3, 0.4) is 0 Å². The first-order chi connectivity index (χ1) is 8.42. The molecule has 1 aromatic rings. The summed E-state index contributed by atoms with van der Waals surface area (Å²) >= 11 is 0. The highest BCUT2D eigenvalue weighted by molar-refractivity contribution is 5.17. The van der Waals surface area contributed by atoms with Crippen molar-refractivity contribution in [3.05, 3.63) is 35.9 Å². The van der Waals surface area contributed by atoms with Crippen LogP contribution < -0.4 is 0 Å². The summed E-state index contributed by atoms with van der Waals surface area (Å²) in [6.45, 7) is 7.99. The highest BCUT2D eigenvalue weighted by Crippen LogP contribution is 2.17. The van der Waals surface area contributed by atoms with E-state index in [1.165, 1.54) is 0 Å². The summed E-state index contributed by atoms with van der Waals surface area (Å²) in [5.74, 6) is 0. The molecule has 0 fully saturated rings. The zero-order valence-corrected chi connectivity index (χ0v) is 11.6. The molecule has 1 aromatic carbocycles. The molecule has 1 unspecified atom stereocenters. The van der Waals surface area contributed by atoms with Gasteiger partial charge < -0.3 is 15.1 Å². The lowest BCUT2D eigenvalue weighted by atomic mass is 10.1. The number of likely N-dealkylation sites (N-methyl/N-ethyl adjacent to an activating group) is 1. The van der Waals surface area contributed by atoms with Crippen LogP contribution in [0.4, 0.5) is 0 Å². The Kier molecular flexibility index (Phi) is 5.79. The van der Waals surface area contributed by atoms with Crippen LogP contribution >= 0.6 is 0 Å². The standard InChI is InChI=1S/C15H25NO2/c1-4-16(12-15(2,3)18)11-10-14(17)13-8-6-5-7-9-13/h5-9,14,17-18H,4,10-12H2,1-3H3. The van der Waals surface area contributed by atoms with Crippen molar-refractivity contribution >= 4 is 0 Å². The predicted molar refractivity (Wildman–Crippen MR) is 74.4 cm³/mol. The number of benzene rings is 1. The smallest absolute Gasteiger partial charge is 0.0802 e. The highest BCUT2D eigenvalue weighted by atomic mass is 16.3. The van der Waals surface area contributed by atoms with Gasteiger partial charge in [0, 0.05) is 13.1 Å². The lowest BCUT2D eigenvalue weighted by Crippen LogP contribution is -2.39. The topological polar surface area (TPSA) is 43.7 Å². The van der Waals surface area contributed by atoms with Crippen molar-refractivity contribution in [2.45, 2.75) is 38.9 Å². The van der Waals surface area contributed by atoms with Crippen molar-refractivity contribution in [1.29, 1.82) is 0 Å². The lowest BCUT2D eigenvalue weighted by Gasteiger charge is -2.28. The SMILES string of the molecule is CCN(CCC(O)c1ccccc1)CC(C)(C)O. The van der Waals surface area contributed by atoms with E-state index in [1.54, 1.807) is 0 Å². The van der Waals surface area contributed by atoms with Crippen LogP contribution in [0.15, 0.2) is 30.3 Å². The summed E-state index contributed by atoms with van der Waals surface area (Å²) in [4.78, 5) is 2.16. The van der Waals surface area contributed by atoms with Crippen LogP contribution in [0, 0.1) is 0 Å². The summed E-state index contributed by atoms with van der Waals surface area (Å²) < 4.78 is 0. The van der Waals surface area contributed by atoms with Gasteiger partial charge in [0.15, 0.2) is 0 Å². The predicted octanol–water partition coefficient (Wildman–Crippen LogP) is 2.20. The van der Waals surface area contributed by atoms with E-state index in [1.807, 2.05) is 44.2 Å². The molecule has 18 heavy (non-hydrogen) atoms. The van der Waals surface area contributed by atoms with Crippen molar-refractivity contribution in [3.63, 3.8) is 0 Å². The van der Waals surface area contributed by atoms with E-state index >= 15 is 0 Å². The van der Waals surface area contributed by atoms with Crippen LogP contribution in [0.25, 0.3) is 0 Å². The lowest BCUT2D eigenvalue weighted by molar-refractivity contribution is 0.0322. The monoisotopic (exact) mass is 251 g/mol. The van der Waals surface area contributed by atoms with Gasteiger partial charge in [-0.1, -0.05) is 37.3 Å². The summed E-state index contributed by atoms with van der Waals surface area (Å²) in [6, 6.07) is 9.71. The minimum atomic E-state index is -0.687. The van der Waals surface area contributed by atoms with Gasteiger partial charge >= 0.3 is 0 Å². The fraction of sp³-hybridized carbons (Fsp3) is 0.600. The molecule has 0 saturated carbocycles. The van der Waals surface area contributed by atoms with Gasteiger partial charge in [-0.15, -0.1) is 0 Å². The van der Waals surface area contributed by atoms with Crippen molar-refractivity contribution in [3.8, 4) is 0 Å². The molecule has 0 aromatic heterocycles. The third kappa shape index (κ3) is 5.63. The Hall–Kier alpha value is -0.900. The maximum atomic E-state index is 10.1. The van der Waals surface area contributed by atoms with Gasteiger partial charge in [-0.3, -0.25) is 0 Å². The minimum absolute atomic E-state index is 0.429. The van der Waals surface area contributed by atoms with Crippen LogP contribution in [0.1, 0.15) is 38.9 Å². The first kappa shape index (κ1) is 15.2. The van der Waals surface area contributed by atoms with Crippen molar-refractivity contribution in [1.82, 2.24) is 4.90 Å². The third-order valence-electron chi connectivity index (χ3n) is 2.96. The number of aliphatic hydroxyl groups excluding tert-OH is 1. The number of hydrogen-bond acceptors (Lipinski definition) is 3. The van der Waals surface area contributed by atoms with Crippen molar-refractivity contribution in [2.75, 3.05) is 19.6 Å². The molecular formula is C15H25NO2. The third-order valence-corrected chi connectivity index (χ3v) is 2.96. The van der Waals surface area contributed by atoms with Gasteiger partial charge in [0.2, 0.25) is 0 Å². The second-order valence-electron chi connectivity index (χ2n) is 5.40. The summed E-state index contributed by atoms with van der Waals surface area (Å²) in [5.41, 5.74) is 0.269. The average Bonchev–Trinajstić information content (AvgIpc) is 2.33. The Balaban J connectivity index is 2.43.